The zero-order valence-corrected chi connectivity index (χ0v) is 17.6. The van der Waals surface area contributed by atoms with E-state index in [0.717, 1.165) is 38.8 Å². The fourth-order valence-electron chi connectivity index (χ4n) is 3.77. The van der Waals surface area contributed by atoms with Crippen LogP contribution in [0.4, 0.5) is 5.69 Å². The van der Waals surface area contributed by atoms with Crippen molar-refractivity contribution >= 4 is 40.6 Å². The third-order valence-corrected chi connectivity index (χ3v) is 5.62. The average molecular weight is 417 g/mol. The number of rotatable bonds is 5. The van der Waals surface area contributed by atoms with E-state index in [-0.39, 0.29) is 24.1 Å². The summed E-state index contributed by atoms with van der Waals surface area (Å²) in [6.07, 6.45) is 4.50. The van der Waals surface area contributed by atoms with Gasteiger partial charge in [-0.15, -0.1) is 0 Å². The van der Waals surface area contributed by atoms with Gasteiger partial charge in [-0.25, -0.2) is 0 Å². The monoisotopic (exact) mass is 416 g/mol. The molecule has 2 aliphatic rings. The highest BCUT2D eigenvalue weighted by Crippen LogP contribution is 2.15. The lowest BCUT2D eigenvalue weighted by molar-refractivity contribution is -0.140. The molecule has 156 valence electrons. The van der Waals surface area contributed by atoms with Gasteiger partial charge in [-0.3, -0.25) is 14.4 Å². The van der Waals surface area contributed by atoms with Crippen LogP contribution in [0.2, 0.25) is 0 Å². The Morgan fingerprint density at radius 3 is 2.59 bits per heavy atom. The van der Waals surface area contributed by atoms with Gasteiger partial charge in [0.25, 0.3) is 0 Å². The lowest BCUT2D eigenvalue weighted by atomic mass is 10.1. The topological polar surface area (TPSA) is 81.8 Å². The predicted octanol–water partition coefficient (Wildman–Crippen LogP) is 2.18. The summed E-state index contributed by atoms with van der Waals surface area (Å²) in [5, 5.41) is 6.48. The molecule has 29 heavy (non-hydrogen) atoms. The fraction of sp³-hybridized carbons (Fsp3) is 0.524. The number of benzene rings is 1. The number of nitrogens with one attached hydrogen (secondary N) is 2. The Labute approximate surface area is 176 Å². The second kappa shape index (κ2) is 9.82. The molecule has 2 heterocycles. The minimum absolute atomic E-state index is 0.0233. The highest BCUT2D eigenvalue weighted by atomic mass is 32.1. The molecule has 2 aliphatic heterocycles. The summed E-state index contributed by atoms with van der Waals surface area (Å²) in [6, 6.07) is 6.61. The summed E-state index contributed by atoms with van der Waals surface area (Å²) in [5.41, 5.74) is 1.28. The van der Waals surface area contributed by atoms with Crippen LogP contribution >= 0.6 is 12.2 Å². The molecular weight excluding hydrogens is 388 g/mol. The quantitative estimate of drug-likeness (QED) is 0.566. The second-order valence-electron chi connectivity index (χ2n) is 7.63. The van der Waals surface area contributed by atoms with Crippen molar-refractivity contribution < 1.29 is 14.4 Å². The van der Waals surface area contributed by atoms with E-state index < -0.39 is 6.04 Å². The highest BCUT2D eigenvalue weighted by Gasteiger charge is 2.30. The molecule has 2 amide bonds. The van der Waals surface area contributed by atoms with Gasteiger partial charge in [0.05, 0.1) is 6.54 Å². The number of hydrogen-bond acceptors (Lipinski definition) is 4. The van der Waals surface area contributed by atoms with Crippen LogP contribution < -0.4 is 10.6 Å². The Hall–Kier alpha value is -2.48. The maximum Gasteiger partial charge on any atom is 0.245 e. The Bertz CT molecular complexity index is 792. The Kier molecular flexibility index (Phi) is 7.19. The lowest BCUT2D eigenvalue weighted by Gasteiger charge is -2.27. The van der Waals surface area contributed by atoms with Gasteiger partial charge in [0.2, 0.25) is 11.8 Å². The molecule has 1 aromatic rings. The SMILES string of the molecule is CC(=O)c1cccc(NC(=S)NC2CCCCN(CC(=O)N3CCCC3)C2=O)c1. The number of carbonyl (C=O) groups is 3. The van der Waals surface area contributed by atoms with Crippen molar-refractivity contribution in [1.29, 1.82) is 0 Å². The Balaban J connectivity index is 1.59. The van der Waals surface area contributed by atoms with Gasteiger partial charge in [-0.05, 0) is 63.4 Å². The molecule has 2 saturated heterocycles. The number of anilines is 1. The first-order valence-electron chi connectivity index (χ1n) is 10.2. The molecule has 0 radical (unpaired) electrons. The van der Waals surface area contributed by atoms with Crippen LogP contribution in [0, 0.1) is 0 Å². The average Bonchev–Trinajstić information content (AvgIpc) is 3.18. The summed E-state index contributed by atoms with van der Waals surface area (Å²) >= 11 is 5.38. The van der Waals surface area contributed by atoms with Gasteiger partial charge < -0.3 is 20.4 Å². The molecule has 8 heteroatoms. The smallest absolute Gasteiger partial charge is 0.245 e. The van der Waals surface area contributed by atoms with Gasteiger partial charge >= 0.3 is 0 Å². The van der Waals surface area contributed by atoms with Crippen molar-refractivity contribution in [1.82, 2.24) is 15.1 Å². The number of likely N-dealkylation sites (tertiary alicyclic amines) is 2. The molecule has 0 aromatic heterocycles. The number of amides is 2. The molecule has 1 aromatic carbocycles. The number of nitrogens with zero attached hydrogens (tertiary/aromatic N) is 2. The van der Waals surface area contributed by atoms with Crippen molar-refractivity contribution in [3.8, 4) is 0 Å². The van der Waals surface area contributed by atoms with Crippen LogP contribution in [0.1, 0.15) is 49.4 Å². The van der Waals surface area contributed by atoms with Gasteiger partial charge in [0, 0.05) is 30.9 Å². The molecule has 0 aliphatic carbocycles. The molecule has 7 nitrogen and oxygen atoms in total. The number of Topliss-reactive ketones (excluding diaryl/α,β-unsaturated/α-hetero) is 1. The van der Waals surface area contributed by atoms with E-state index in [9.17, 15) is 14.4 Å². The van der Waals surface area contributed by atoms with Crippen molar-refractivity contribution in [3.05, 3.63) is 29.8 Å². The van der Waals surface area contributed by atoms with Crippen molar-refractivity contribution in [2.75, 3.05) is 31.5 Å². The molecule has 0 bridgehead atoms. The Morgan fingerprint density at radius 1 is 1.14 bits per heavy atom. The van der Waals surface area contributed by atoms with E-state index in [4.69, 9.17) is 12.2 Å². The molecule has 1 unspecified atom stereocenters. The fourth-order valence-corrected chi connectivity index (χ4v) is 4.03. The van der Waals surface area contributed by atoms with Crippen LogP contribution in [-0.2, 0) is 9.59 Å². The molecule has 2 fully saturated rings. The van der Waals surface area contributed by atoms with Crippen LogP contribution in [0.3, 0.4) is 0 Å². The van der Waals surface area contributed by atoms with E-state index in [1.165, 1.54) is 6.92 Å². The second-order valence-corrected chi connectivity index (χ2v) is 8.04. The summed E-state index contributed by atoms with van der Waals surface area (Å²) in [5.74, 6) is -0.0836. The normalized spacial score (nSPS) is 19.6. The number of ketones is 1. The molecule has 1 atom stereocenters. The minimum Gasteiger partial charge on any atom is -0.351 e. The van der Waals surface area contributed by atoms with Crippen LogP contribution in [0.5, 0.6) is 0 Å². The third kappa shape index (κ3) is 5.76. The Morgan fingerprint density at radius 2 is 1.86 bits per heavy atom. The summed E-state index contributed by atoms with van der Waals surface area (Å²) < 4.78 is 0. The van der Waals surface area contributed by atoms with E-state index in [1.807, 2.05) is 11.0 Å². The summed E-state index contributed by atoms with van der Waals surface area (Å²) in [6.45, 7) is 3.82. The summed E-state index contributed by atoms with van der Waals surface area (Å²) in [4.78, 5) is 40.5. The number of carbonyl (C=O) groups excluding carboxylic acids is 3. The zero-order chi connectivity index (χ0) is 20.8. The molecule has 3 rings (SSSR count). The third-order valence-electron chi connectivity index (χ3n) is 5.40. The first kappa shape index (κ1) is 21.2. The minimum atomic E-state index is -0.458. The van der Waals surface area contributed by atoms with Crippen LogP contribution in [0.15, 0.2) is 24.3 Å². The van der Waals surface area contributed by atoms with Crippen LogP contribution in [0.25, 0.3) is 0 Å². The van der Waals surface area contributed by atoms with Gasteiger partial charge in [-0.1, -0.05) is 12.1 Å². The number of thiocarbonyl (C=S) groups is 1. The predicted molar refractivity (Wildman–Crippen MR) is 116 cm³/mol. The van der Waals surface area contributed by atoms with E-state index >= 15 is 0 Å². The summed E-state index contributed by atoms with van der Waals surface area (Å²) in [7, 11) is 0. The molecule has 2 N–H and O–H groups in total. The van der Waals surface area contributed by atoms with Crippen LogP contribution in [-0.4, -0.2) is 64.7 Å². The first-order valence-corrected chi connectivity index (χ1v) is 10.6. The van der Waals surface area contributed by atoms with Crippen molar-refractivity contribution in [3.63, 3.8) is 0 Å². The van der Waals surface area contributed by atoms with Gasteiger partial charge in [0.15, 0.2) is 10.9 Å². The molecular formula is C21H28N4O3S. The molecule has 0 spiro atoms. The van der Waals surface area contributed by atoms with E-state index in [1.54, 1.807) is 23.1 Å². The van der Waals surface area contributed by atoms with Crippen molar-refractivity contribution in [2.24, 2.45) is 0 Å². The van der Waals surface area contributed by atoms with Crippen molar-refractivity contribution in [2.45, 2.75) is 45.1 Å². The zero-order valence-electron chi connectivity index (χ0n) is 16.8. The van der Waals surface area contributed by atoms with E-state index in [2.05, 4.69) is 10.6 Å². The van der Waals surface area contributed by atoms with E-state index in [0.29, 0.717) is 29.3 Å². The standard InChI is InChI=1S/C21H28N4O3S/c1-15(26)16-7-6-8-17(13-16)22-21(29)23-18-9-2-3-12-25(20(18)28)14-19(27)24-10-4-5-11-24/h6-8,13,18H,2-5,9-12,14H2,1H3,(H2,22,23,29). The molecule has 0 saturated carbocycles. The lowest BCUT2D eigenvalue weighted by Crippen LogP contribution is -2.51. The first-order chi connectivity index (χ1) is 13.9. The van der Waals surface area contributed by atoms with Gasteiger partial charge in [-0.2, -0.15) is 0 Å². The maximum absolute atomic E-state index is 13.0. The van der Waals surface area contributed by atoms with Gasteiger partial charge in [0.1, 0.15) is 6.04 Å². The largest absolute Gasteiger partial charge is 0.351 e. The highest BCUT2D eigenvalue weighted by molar-refractivity contribution is 7.80. The maximum atomic E-state index is 13.0. The number of hydrogen-bond donors (Lipinski definition) is 2.